The zero-order valence-electron chi connectivity index (χ0n) is 13.9. The van der Waals surface area contributed by atoms with Crippen molar-refractivity contribution in [1.29, 1.82) is 0 Å². The predicted octanol–water partition coefficient (Wildman–Crippen LogP) is 2.68. The van der Waals surface area contributed by atoms with Gasteiger partial charge in [0.2, 0.25) is 5.95 Å². The molecule has 1 aromatic heterocycles. The van der Waals surface area contributed by atoms with Crippen LogP contribution >= 0.6 is 0 Å². The monoisotopic (exact) mass is 368 g/mol. The Morgan fingerprint density at radius 3 is 2.58 bits per heavy atom. The number of carbonyl (C=O) groups is 1. The van der Waals surface area contributed by atoms with Crippen LogP contribution in [0.1, 0.15) is 18.5 Å². The van der Waals surface area contributed by atoms with Gasteiger partial charge < -0.3 is 14.8 Å². The number of nitrogens with zero attached hydrogens (tertiary/aromatic N) is 3. The predicted molar refractivity (Wildman–Crippen MR) is 84.5 cm³/mol. The summed E-state index contributed by atoms with van der Waals surface area (Å²) in [5, 5.41) is 6.12. The number of nitrogens with one attached hydrogen (secondary N) is 1. The van der Waals surface area contributed by atoms with E-state index in [-0.39, 0.29) is 12.6 Å². The fourth-order valence-electron chi connectivity index (χ4n) is 2.71. The molecule has 0 saturated carbocycles. The summed E-state index contributed by atoms with van der Waals surface area (Å²) in [6, 6.07) is 5.16. The Kier molecular flexibility index (Phi) is 4.58. The van der Waals surface area contributed by atoms with E-state index in [0.29, 0.717) is 11.3 Å². The third-order valence-corrected chi connectivity index (χ3v) is 3.81. The van der Waals surface area contributed by atoms with E-state index < -0.39 is 29.5 Å². The maximum atomic E-state index is 13.6. The fourth-order valence-corrected chi connectivity index (χ4v) is 2.71. The molecule has 1 aliphatic rings. The largest absolute Gasteiger partial charge is 0.497 e. The number of esters is 1. The van der Waals surface area contributed by atoms with Crippen molar-refractivity contribution < 1.29 is 27.4 Å². The third kappa shape index (κ3) is 3.09. The standard InChI is InChI=1S/C16H15F3N4O3/c1-3-26-14(24)11-12(9-4-6-10(25-2)7-5-9)23-15(20-8-21-23)22-13(11)16(17,18)19/h4-8,12H,3H2,1-2H3,(H,20,21,22)/t12-/m0/s1. The molecular formula is C16H15F3N4O3. The lowest BCUT2D eigenvalue weighted by Gasteiger charge is -2.30. The van der Waals surface area contributed by atoms with Gasteiger partial charge in [-0.1, -0.05) is 12.1 Å². The van der Waals surface area contributed by atoms with Crippen LogP contribution in [0.15, 0.2) is 41.9 Å². The molecule has 0 spiro atoms. The van der Waals surface area contributed by atoms with Gasteiger partial charge in [-0.15, -0.1) is 0 Å². The molecule has 26 heavy (non-hydrogen) atoms. The van der Waals surface area contributed by atoms with Crippen molar-refractivity contribution in [3.8, 4) is 5.75 Å². The molecule has 1 atom stereocenters. The van der Waals surface area contributed by atoms with Crippen molar-refractivity contribution >= 4 is 11.9 Å². The van der Waals surface area contributed by atoms with Crippen LogP contribution in [0.25, 0.3) is 0 Å². The van der Waals surface area contributed by atoms with Gasteiger partial charge in [0.1, 0.15) is 23.8 Å². The van der Waals surface area contributed by atoms with Gasteiger partial charge in [0.05, 0.1) is 19.3 Å². The second-order valence-corrected chi connectivity index (χ2v) is 5.34. The Labute approximate surface area is 146 Å². The number of allylic oxidation sites excluding steroid dienone is 1. The third-order valence-electron chi connectivity index (χ3n) is 3.81. The number of methoxy groups -OCH3 is 1. The summed E-state index contributed by atoms with van der Waals surface area (Å²) >= 11 is 0. The van der Waals surface area contributed by atoms with E-state index in [1.54, 1.807) is 24.3 Å². The Bertz CT molecular complexity index is 843. The van der Waals surface area contributed by atoms with E-state index in [1.165, 1.54) is 18.7 Å². The number of anilines is 1. The molecule has 0 aliphatic carbocycles. The molecule has 1 N–H and O–H groups in total. The quantitative estimate of drug-likeness (QED) is 0.836. The van der Waals surface area contributed by atoms with Gasteiger partial charge in [-0.2, -0.15) is 23.3 Å². The molecular weight excluding hydrogens is 353 g/mol. The molecule has 0 radical (unpaired) electrons. The van der Waals surface area contributed by atoms with Gasteiger partial charge in [-0.05, 0) is 24.6 Å². The van der Waals surface area contributed by atoms with Gasteiger partial charge in [0, 0.05) is 0 Å². The van der Waals surface area contributed by atoms with Crippen LogP contribution in [0.2, 0.25) is 0 Å². The topological polar surface area (TPSA) is 78.3 Å². The Morgan fingerprint density at radius 1 is 1.31 bits per heavy atom. The summed E-state index contributed by atoms with van der Waals surface area (Å²) in [7, 11) is 1.47. The van der Waals surface area contributed by atoms with Crippen molar-refractivity contribution in [3.05, 3.63) is 47.4 Å². The number of ether oxygens (including phenoxy) is 2. The van der Waals surface area contributed by atoms with Crippen molar-refractivity contribution in [2.75, 3.05) is 19.0 Å². The molecule has 0 fully saturated rings. The molecule has 138 valence electrons. The normalized spacial score (nSPS) is 16.7. The van der Waals surface area contributed by atoms with E-state index in [9.17, 15) is 18.0 Å². The SMILES string of the molecule is CCOC(=O)C1=C(C(F)(F)F)Nc2ncnn2[C@H]1c1ccc(OC)cc1. The van der Waals surface area contributed by atoms with Crippen molar-refractivity contribution in [1.82, 2.24) is 14.8 Å². The average Bonchev–Trinajstić information content (AvgIpc) is 3.08. The van der Waals surface area contributed by atoms with Crippen LogP contribution in [-0.2, 0) is 9.53 Å². The number of halogens is 3. The molecule has 10 heteroatoms. The van der Waals surface area contributed by atoms with E-state index in [4.69, 9.17) is 9.47 Å². The second-order valence-electron chi connectivity index (χ2n) is 5.34. The highest BCUT2D eigenvalue weighted by molar-refractivity contribution is 5.92. The maximum Gasteiger partial charge on any atom is 0.431 e. The van der Waals surface area contributed by atoms with Crippen LogP contribution in [0, 0.1) is 0 Å². The minimum atomic E-state index is -4.80. The molecule has 7 nitrogen and oxygen atoms in total. The number of hydrogen-bond acceptors (Lipinski definition) is 6. The first-order valence-corrected chi connectivity index (χ1v) is 7.65. The second kappa shape index (κ2) is 6.70. The molecule has 0 bridgehead atoms. The van der Waals surface area contributed by atoms with Crippen LogP contribution in [-0.4, -0.2) is 40.6 Å². The van der Waals surface area contributed by atoms with Crippen LogP contribution in [0.3, 0.4) is 0 Å². The lowest BCUT2D eigenvalue weighted by atomic mass is 9.95. The fraction of sp³-hybridized carbons (Fsp3) is 0.312. The highest BCUT2D eigenvalue weighted by atomic mass is 19.4. The van der Waals surface area contributed by atoms with Gasteiger partial charge >= 0.3 is 12.1 Å². The number of carbonyl (C=O) groups excluding carboxylic acids is 1. The first kappa shape index (κ1) is 17.8. The minimum Gasteiger partial charge on any atom is -0.497 e. The number of rotatable bonds is 4. The minimum absolute atomic E-state index is 0.0625. The first-order chi connectivity index (χ1) is 12.4. The lowest BCUT2D eigenvalue weighted by molar-refractivity contribution is -0.140. The Balaban J connectivity index is 2.21. The summed E-state index contributed by atoms with van der Waals surface area (Å²) in [4.78, 5) is 16.2. The smallest absolute Gasteiger partial charge is 0.431 e. The van der Waals surface area contributed by atoms with Crippen molar-refractivity contribution in [2.45, 2.75) is 19.1 Å². The molecule has 0 amide bonds. The lowest BCUT2D eigenvalue weighted by Crippen LogP contribution is -2.35. The van der Waals surface area contributed by atoms with Crippen LogP contribution in [0.4, 0.5) is 19.1 Å². The van der Waals surface area contributed by atoms with Crippen molar-refractivity contribution in [3.63, 3.8) is 0 Å². The molecule has 1 aliphatic heterocycles. The van der Waals surface area contributed by atoms with Crippen LogP contribution < -0.4 is 10.1 Å². The molecule has 2 aromatic rings. The number of benzene rings is 1. The van der Waals surface area contributed by atoms with E-state index in [1.807, 2.05) is 0 Å². The molecule has 0 saturated heterocycles. The zero-order valence-corrected chi connectivity index (χ0v) is 13.9. The maximum absolute atomic E-state index is 13.6. The van der Waals surface area contributed by atoms with E-state index >= 15 is 0 Å². The highest BCUT2D eigenvalue weighted by Crippen LogP contribution is 2.41. The molecule has 1 aromatic carbocycles. The number of aromatic nitrogens is 3. The molecule has 2 heterocycles. The Hall–Kier alpha value is -3.04. The van der Waals surface area contributed by atoms with Gasteiger partial charge in [0.25, 0.3) is 0 Å². The van der Waals surface area contributed by atoms with Crippen molar-refractivity contribution in [2.24, 2.45) is 0 Å². The summed E-state index contributed by atoms with van der Waals surface area (Å²) in [6.45, 7) is 1.46. The van der Waals surface area contributed by atoms with E-state index in [2.05, 4.69) is 15.4 Å². The average molecular weight is 368 g/mol. The number of fused-ring (bicyclic) bond motifs is 1. The summed E-state index contributed by atoms with van der Waals surface area (Å²) in [5.41, 5.74) is -1.39. The molecule has 3 rings (SSSR count). The number of alkyl halides is 3. The number of hydrogen-bond donors (Lipinski definition) is 1. The first-order valence-electron chi connectivity index (χ1n) is 7.65. The van der Waals surface area contributed by atoms with Gasteiger partial charge in [-0.25, -0.2) is 9.48 Å². The summed E-state index contributed by atoms with van der Waals surface area (Å²) in [6.07, 6.45) is -3.69. The zero-order chi connectivity index (χ0) is 18.9. The molecule has 0 unspecified atom stereocenters. The van der Waals surface area contributed by atoms with Gasteiger partial charge in [0.15, 0.2) is 0 Å². The van der Waals surface area contributed by atoms with Gasteiger partial charge in [-0.3, -0.25) is 0 Å². The van der Waals surface area contributed by atoms with E-state index in [0.717, 1.165) is 6.33 Å². The highest BCUT2D eigenvalue weighted by Gasteiger charge is 2.46. The Morgan fingerprint density at radius 2 is 2.00 bits per heavy atom. The van der Waals surface area contributed by atoms with Crippen LogP contribution in [0.5, 0.6) is 5.75 Å². The summed E-state index contributed by atoms with van der Waals surface area (Å²) < 4.78 is 51.9. The summed E-state index contributed by atoms with van der Waals surface area (Å²) in [5.74, 6) is -0.667.